The van der Waals surface area contributed by atoms with E-state index in [-0.39, 0.29) is 24.5 Å². The van der Waals surface area contributed by atoms with Crippen LogP contribution in [0.4, 0.5) is 0 Å². The molecule has 0 saturated carbocycles. The Bertz CT molecular complexity index is 1620. The molecule has 1 aromatic carbocycles. The van der Waals surface area contributed by atoms with E-state index in [9.17, 15) is 14.7 Å². The number of benzene rings is 1. The summed E-state index contributed by atoms with van der Waals surface area (Å²) in [6, 6.07) is 14.9. The molecule has 4 aromatic heterocycles. The van der Waals surface area contributed by atoms with Crippen molar-refractivity contribution in [1.29, 1.82) is 0 Å². The van der Waals surface area contributed by atoms with E-state index in [0.717, 1.165) is 22.5 Å². The Morgan fingerprint density at radius 2 is 1.88 bits per heavy atom. The Kier molecular flexibility index (Phi) is 8.09. The maximum absolute atomic E-state index is 13.3. The Morgan fingerprint density at radius 1 is 1.07 bits per heavy atom. The smallest absolute Gasteiger partial charge is 0.270 e. The summed E-state index contributed by atoms with van der Waals surface area (Å²) in [5.41, 5.74) is 5.39. The summed E-state index contributed by atoms with van der Waals surface area (Å²) in [5, 5.41) is 23.8. The first-order chi connectivity index (χ1) is 19.4. The minimum absolute atomic E-state index is 0.164. The summed E-state index contributed by atoms with van der Waals surface area (Å²) >= 11 is 1.50. The highest BCUT2D eigenvalue weighted by molar-refractivity contribution is 7.08. The maximum atomic E-state index is 13.3. The topological polar surface area (TPSA) is 114 Å². The SMILES string of the molecule is CC[C@@H](CO)NC(=O)c1c(-c2ccsc2)nc2c(C(=O)NCc3ccc(-n4nccc4C(C)C)cc3)cccn12. The highest BCUT2D eigenvalue weighted by atomic mass is 32.1. The molecule has 206 valence electrons. The van der Waals surface area contributed by atoms with Gasteiger partial charge in [-0.1, -0.05) is 32.9 Å². The van der Waals surface area contributed by atoms with Gasteiger partial charge in [-0.3, -0.25) is 14.0 Å². The number of rotatable bonds is 10. The third-order valence-electron chi connectivity index (χ3n) is 6.85. The van der Waals surface area contributed by atoms with E-state index >= 15 is 0 Å². The van der Waals surface area contributed by atoms with Gasteiger partial charge in [0.2, 0.25) is 0 Å². The number of aliphatic hydroxyl groups excluding tert-OH is 1. The lowest BCUT2D eigenvalue weighted by molar-refractivity contribution is 0.0907. The highest BCUT2D eigenvalue weighted by Crippen LogP contribution is 2.28. The van der Waals surface area contributed by atoms with Crippen molar-refractivity contribution in [2.24, 2.45) is 0 Å². The van der Waals surface area contributed by atoms with E-state index in [0.29, 0.717) is 41.5 Å². The van der Waals surface area contributed by atoms with Gasteiger partial charge in [0, 0.05) is 35.6 Å². The van der Waals surface area contributed by atoms with Gasteiger partial charge in [-0.2, -0.15) is 16.4 Å². The predicted molar refractivity (Wildman–Crippen MR) is 156 cm³/mol. The molecule has 0 spiro atoms. The fourth-order valence-electron chi connectivity index (χ4n) is 4.59. The van der Waals surface area contributed by atoms with Crippen molar-refractivity contribution >= 4 is 28.8 Å². The van der Waals surface area contributed by atoms with Crippen molar-refractivity contribution in [3.05, 3.63) is 94.2 Å². The molecule has 40 heavy (non-hydrogen) atoms. The number of imidazole rings is 1. The number of aromatic nitrogens is 4. The zero-order valence-electron chi connectivity index (χ0n) is 22.7. The van der Waals surface area contributed by atoms with Gasteiger partial charge >= 0.3 is 0 Å². The van der Waals surface area contributed by atoms with E-state index in [1.807, 2.05) is 58.8 Å². The second kappa shape index (κ2) is 11.8. The van der Waals surface area contributed by atoms with Crippen LogP contribution in [0.5, 0.6) is 0 Å². The van der Waals surface area contributed by atoms with E-state index < -0.39 is 0 Å². The van der Waals surface area contributed by atoms with Crippen molar-refractivity contribution in [2.45, 2.75) is 45.7 Å². The highest BCUT2D eigenvalue weighted by Gasteiger charge is 2.25. The number of carbonyl (C=O) groups is 2. The molecule has 5 rings (SSSR count). The largest absolute Gasteiger partial charge is 0.394 e. The van der Waals surface area contributed by atoms with Crippen LogP contribution in [0.1, 0.15) is 65.2 Å². The van der Waals surface area contributed by atoms with E-state index in [2.05, 4.69) is 29.6 Å². The summed E-state index contributed by atoms with van der Waals surface area (Å²) in [6.07, 6.45) is 4.11. The van der Waals surface area contributed by atoms with Gasteiger partial charge in [0.05, 0.1) is 23.9 Å². The summed E-state index contributed by atoms with van der Waals surface area (Å²) in [6.45, 7) is 6.32. The molecule has 4 heterocycles. The molecular formula is C30H32N6O3S. The molecule has 0 bridgehead atoms. The van der Waals surface area contributed by atoms with Gasteiger partial charge in [0.25, 0.3) is 11.8 Å². The van der Waals surface area contributed by atoms with Gasteiger partial charge in [-0.25, -0.2) is 9.67 Å². The number of thiophene rings is 1. The Hall–Kier alpha value is -4.28. The molecular weight excluding hydrogens is 524 g/mol. The Morgan fingerprint density at radius 3 is 2.55 bits per heavy atom. The zero-order valence-corrected chi connectivity index (χ0v) is 23.5. The minimum Gasteiger partial charge on any atom is -0.394 e. The van der Waals surface area contributed by atoms with Crippen LogP contribution < -0.4 is 10.6 Å². The van der Waals surface area contributed by atoms with Gasteiger partial charge in [0.1, 0.15) is 11.4 Å². The molecule has 0 radical (unpaired) electrons. The first-order valence-electron chi connectivity index (χ1n) is 13.3. The van der Waals surface area contributed by atoms with Crippen LogP contribution in [-0.4, -0.2) is 48.7 Å². The average Bonchev–Trinajstić information content (AvgIpc) is 3.74. The summed E-state index contributed by atoms with van der Waals surface area (Å²) in [7, 11) is 0. The molecule has 9 nitrogen and oxygen atoms in total. The number of nitrogens with zero attached hydrogens (tertiary/aromatic N) is 4. The standard InChI is InChI=1S/C30H32N6O3S/c1-4-22(17-37)33-30(39)27-26(21-12-15-40-18-21)34-28-24(6-5-14-35(27)28)29(38)31-16-20-7-9-23(10-8-20)36-25(19(2)3)11-13-32-36/h5-15,18-19,22,37H,4,16-17H2,1-3H3,(H,31,38)(H,33,39)/t22-/m0/s1. The van der Waals surface area contributed by atoms with Crippen molar-refractivity contribution < 1.29 is 14.7 Å². The van der Waals surface area contributed by atoms with Gasteiger partial charge < -0.3 is 15.7 Å². The number of nitrogens with one attached hydrogen (secondary N) is 2. The molecule has 0 aliphatic carbocycles. The normalized spacial score (nSPS) is 12.1. The fourth-order valence-corrected chi connectivity index (χ4v) is 5.23. The summed E-state index contributed by atoms with van der Waals surface area (Å²) in [5.74, 6) is -0.300. The van der Waals surface area contributed by atoms with Crippen LogP contribution in [0, 0.1) is 0 Å². The van der Waals surface area contributed by atoms with E-state index in [1.165, 1.54) is 11.3 Å². The van der Waals surface area contributed by atoms with Crippen molar-refractivity contribution in [3.63, 3.8) is 0 Å². The van der Waals surface area contributed by atoms with Crippen LogP contribution in [0.2, 0.25) is 0 Å². The molecule has 3 N–H and O–H groups in total. The Labute approximate surface area is 236 Å². The van der Waals surface area contributed by atoms with Crippen LogP contribution in [-0.2, 0) is 6.54 Å². The molecule has 0 aliphatic rings. The molecule has 1 atom stereocenters. The molecule has 0 fully saturated rings. The first kappa shape index (κ1) is 27.3. The lowest BCUT2D eigenvalue weighted by Gasteiger charge is -2.14. The van der Waals surface area contributed by atoms with Crippen LogP contribution in [0.25, 0.3) is 22.6 Å². The number of carbonyl (C=O) groups excluding carboxylic acids is 2. The van der Waals surface area contributed by atoms with Crippen molar-refractivity contribution in [3.8, 4) is 16.9 Å². The molecule has 10 heteroatoms. The Balaban J connectivity index is 1.40. The van der Waals surface area contributed by atoms with Crippen LogP contribution in [0.15, 0.2) is 71.7 Å². The third-order valence-corrected chi connectivity index (χ3v) is 7.53. The number of pyridine rings is 1. The van der Waals surface area contributed by atoms with Crippen molar-refractivity contribution in [2.75, 3.05) is 6.61 Å². The molecule has 0 aliphatic heterocycles. The average molecular weight is 557 g/mol. The number of hydrogen-bond donors (Lipinski definition) is 3. The summed E-state index contributed by atoms with van der Waals surface area (Å²) in [4.78, 5) is 31.4. The number of fused-ring (bicyclic) bond motifs is 1. The quantitative estimate of drug-likeness (QED) is 0.229. The second-order valence-electron chi connectivity index (χ2n) is 9.87. The lowest BCUT2D eigenvalue weighted by atomic mass is 10.1. The summed E-state index contributed by atoms with van der Waals surface area (Å²) < 4.78 is 3.57. The molecule has 5 aromatic rings. The van der Waals surface area contributed by atoms with E-state index in [1.54, 1.807) is 28.9 Å². The third kappa shape index (κ3) is 5.41. The number of aliphatic hydroxyl groups is 1. The predicted octanol–water partition coefficient (Wildman–Crippen LogP) is 4.80. The maximum Gasteiger partial charge on any atom is 0.270 e. The molecule has 2 amide bonds. The zero-order chi connectivity index (χ0) is 28.2. The number of amides is 2. The van der Waals surface area contributed by atoms with Gasteiger partial charge in [-0.15, -0.1) is 0 Å². The van der Waals surface area contributed by atoms with Crippen molar-refractivity contribution in [1.82, 2.24) is 29.8 Å². The lowest BCUT2D eigenvalue weighted by Crippen LogP contribution is -2.37. The number of hydrogen-bond acceptors (Lipinski definition) is 6. The minimum atomic E-state index is -0.378. The van der Waals surface area contributed by atoms with Gasteiger partial charge in [-0.05, 0) is 59.7 Å². The monoisotopic (exact) mass is 556 g/mol. The van der Waals surface area contributed by atoms with Crippen LogP contribution >= 0.6 is 11.3 Å². The second-order valence-corrected chi connectivity index (χ2v) is 10.6. The van der Waals surface area contributed by atoms with Crippen LogP contribution in [0.3, 0.4) is 0 Å². The molecule has 0 unspecified atom stereocenters. The van der Waals surface area contributed by atoms with Gasteiger partial charge in [0.15, 0.2) is 5.65 Å². The first-order valence-corrected chi connectivity index (χ1v) is 14.2. The molecule has 0 saturated heterocycles. The fraction of sp³-hybridized carbons (Fsp3) is 0.267. The van der Waals surface area contributed by atoms with E-state index in [4.69, 9.17) is 4.98 Å².